The number of H-pyrrole nitrogens is 1. The number of halogens is 4. The van der Waals surface area contributed by atoms with E-state index >= 15 is 8.78 Å². The summed E-state index contributed by atoms with van der Waals surface area (Å²) in [5, 5.41) is 37.6. The first-order chi connectivity index (χ1) is 18.8. The number of thioether (sulfide) groups is 4. The first-order valence-corrected chi connectivity index (χ1v) is 15.7. The molecule has 2 aliphatic heterocycles. The molecule has 0 fully saturated rings. The van der Waals surface area contributed by atoms with Crippen molar-refractivity contribution in [3.63, 3.8) is 0 Å². The Morgan fingerprint density at radius 2 is 1.74 bits per heavy atom. The topological polar surface area (TPSA) is 124 Å². The molecule has 0 unspecified atom stereocenters. The van der Waals surface area contributed by atoms with Crippen LogP contribution in [0.3, 0.4) is 0 Å². The van der Waals surface area contributed by atoms with E-state index in [9.17, 15) is 19.3 Å². The van der Waals surface area contributed by atoms with Crippen molar-refractivity contribution in [1.29, 1.82) is 21.2 Å². The second-order valence-electron chi connectivity index (χ2n) is 7.49. The Bertz CT molecular complexity index is 1670. The molecule has 0 atom stereocenters. The fourth-order valence-corrected chi connectivity index (χ4v) is 12.1. The van der Waals surface area contributed by atoms with Gasteiger partial charge in [0.25, 0.3) is 4.19 Å². The second kappa shape index (κ2) is 11.0. The third-order valence-electron chi connectivity index (χ3n) is 5.40. The highest BCUT2D eigenvalue weighted by molar-refractivity contribution is 8.30. The largest absolute Gasteiger partial charge is 0.339 e. The van der Waals surface area contributed by atoms with Crippen LogP contribution < -0.4 is 0 Å². The monoisotopic (exact) mass is 636 g/mol. The predicted octanol–water partition coefficient (Wildman–Crippen LogP) is 7.37. The molecule has 0 amide bonds. The minimum atomic E-state index is -2.85. The van der Waals surface area contributed by atoms with Crippen molar-refractivity contribution in [3.8, 4) is 18.2 Å². The Morgan fingerprint density at radius 1 is 1.05 bits per heavy atom. The summed E-state index contributed by atoms with van der Waals surface area (Å²) >= 11 is 9.89. The van der Waals surface area contributed by atoms with E-state index in [0.29, 0.717) is 4.91 Å². The summed E-state index contributed by atoms with van der Waals surface area (Å²) < 4.78 is 64.7. The quantitative estimate of drug-likeness (QED) is 0.0978. The molecule has 0 saturated carbocycles. The summed E-state index contributed by atoms with van der Waals surface area (Å²) in [6.07, 6.45) is 1.01. The Hall–Kier alpha value is -2.74. The van der Waals surface area contributed by atoms with E-state index in [-0.39, 0.29) is 5.82 Å². The molecule has 0 aliphatic carbocycles. The Kier molecular flexibility index (Phi) is 7.86. The molecule has 16 heteroatoms. The zero-order chi connectivity index (χ0) is 27.9. The van der Waals surface area contributed by atoms with Gasteiger partial charge in [0.1, 0.15) is 40.1 Å². The van der Waals surface area contributed by atoms with Crippen LogP contribution in [0.2, 0.25) is 0 Å². The highest BCUT2D eigenvalue weighted by atomic mass is 32.2. The smallest absolute Gasteiger partial charge is 0.286 e. The predicted molar refractivity (Wildman–Crippen MR) is 147 cm³/mol. The first-order valence-electron chi connectivity index (χ1n) is 10.4. The average molecular weight is 637 g/mol. The maximum Gasteiger partial charge on any atom is 0.286 e. The molecule has 4 heterocycles. The van der Waals surface area contributed by atoms with Crippen LogP contribution in [-0.2, 0) is 5.41 Å². The van der Waals surface area contributed by atoms with Crippen LogP contribution in [0.25, 0.3) is 10.5 Å². The zero-order valence-electron chi connectivity index (χ0n) is 18.8. The maximum absolute atomic E-state index is 15.2. The molecule has 2 N–H and O–H groups in total. The number of nitrogens with zero attached hydrogens (tertiary/aromatic N) is 4. The number of hydrogen-bond donors (Lipinski definition) is 2. The summed E-state index contributed by atoms with van der Waals surface area (Å²) in [4.78, 5) is 7.50. The van der Waals surface area contributed by atoms with Crippen molar-refractivity contribution < 1.29 is 17.6 Å². The second-order valence-corrected chi connectivity index (χ2v) is 14.7. The van der Waals surface area contributed by atoms with Gasteiger partial charge in [0.05, 0.1) is 40.1 Å². The summed E-state index contributed by atoms with van der Waals surface area (Å²) in [5.41, 5.74) is -7.32. The lowest BCUT2D eigenvalue weighted by molar-refractivity contribution is 0.427. The summed E-state index contributed by atoms with van der Waals surface area (Å²) in [5.74, 6) is -4.45. The summed E-state index contributed by atoms with van der Waals surface area (Å²) in [6.45, 7) is 0. The van der Waals surface area contributed by atoms with Gasteiger partial charge in [-0.15, -0.1) is 11.8 Å². The third kappa shape index (κ3) is 4.58. The molecule has 1 radical (unpaired) electrons. The first kappa shape index (κ1) is 27.8. The lowest BCUT2D eigenvalue weighted by atomic mass is 9.79. The highest BCUT2D eigenvalue weighted by Crippen LogP contribution is 2.58. The lowest BCUT2D eigenvalue weighted by Crippen LogP contribution is -2.29. The fourth-order valence-electron chi connectivity index (χ4n) is 3.61. The Labute approximate surface area is 243 Å². The molecular weight excluding hydrogens is 629 g/mol. The van der Waals surface area contributed by atoms with Crippen LogP contribution in [0.4, 0.5) is 17.6 Å². The van der Waals surface area contributed by atoms with Gasteiger partial charge in [-0.3, -0.25) is 5.41 Å². The normalized spacial score (nSPS) is 15.1. The van der Waals surface area contributed by atoms with Gasteiger partial charge in [0.2, 0.25) is 13.8 Å². The van der Waals surface area contributed by atoms with Gasteiger partial charge in [0, 0.05) is 11.5 Å². The summed E-state index contributed by atoms with van der Waals surface area (Å²) in [6, 6.07) is 4.17. The van der Waals surface area contributed by atoms with Gasteiger partial charge in [-0.25, -0.2) is 22.5 Å². The van der Waals surface area contributed by atoms with Gasteiger partial charge < -0.3 is 4.98 Å². The van der Waals surface area contributed by atoms with E-state index < -0.39 is 51.1 Å². The molecule has 0 spiro atoms. The van der Waals surface area contributed by atoms with E-state index in [1.54, 1.807) is 28.1 Å². The van der Waals surface area contributed by atoms with E-state index in [1.807, 2.05) is 23.5 Å². The van der Waals surface area contributed by atoms with Crippen molar-refractivity contribution >= 4 is 86.1 Å². The van der Waals surface area contributed by atoms with E-state index in [0.717, 1.165) is 26.5 Å². The van der Waals surface area contributed by atoms with Crippen LogP contribution in [-0.4, -0.2) is 27.3 Å². The SMILES string of the molecule is N#CC(=C=N)c1c(F)c(F)c(C(C#N)(C#N)c2cnc(C3=CS[C](c4sc5c([s+]4)SCCS5)S3)[nH]2)c(F)c1F. The molecule has 39 heavy (non-hydrogen) atoms. The van der Waals surface area contributed by atoms with Crippen LogP contribution in [0, 0.1) is 67.3 Å². The number of fused-ring (bicyclic) bond motifs is 1. The van der Waals surface area contributed by atoms with Crippen molar-refractivity contribution in [2.75, 3.05) is 11.5 Å². The number of imidazole rings is 1. The number of nitriles is 3. The molecule has 2 aromatic heterocycles. The van der Waals surface area contributed by atoms with Crippen molar-refractivity contribution in [1.82, 2.24) is 9.97 Å². The van der Waals surface area contributed by atoms with Crippen LogP contribution in [0.1, 0.15) is 26.8 Å². The van der Waals surface area contributed by atoms with E-state index in [2.05, 4.69) is 9.97 Å². The van der Waals surface area contributed by atoms with Crippen molar-refractivity contribution in [2.45, 2.75) is 13.8 Å². The zero-order valence-corrected chi connectivity index (χ0v) is 23.7. The minimum absolute atomic E-state index is 0.194. The van der Waals surface area contributed by atoms with Gasteiger partial charge in [-0.2, -0.15) is 15.8 Å². The lowest BCUT2D eigenvalue weighted by Gasteiger charge is -2.20. The highest BCUT2D eigenvalue weighted by Gasteiger charge is 2.46. The molecule has 0 saturated heterocycles. The number of allylic oxidation sites excluding steroid dienone is 1. The molecule has 1 aromatic carbocycles. The van der Waals surface area contributed by atoms with Crippen molar-refractivity contribution in [3.05, 3.63) is 66.3 Å². The standard InChI is InChI=1S/C23H8F4N6S6/c24-14-12(9(3-28)4-29)15(25)17(27)13(16(14)26)23(7-30,8-31)11-5-32-18(33-11)10-6-36-21(37-10)22-38-19-20(39-22)35-2-1-34-19/h5-6,28H,1-2H2,(H,32,33)/q+1. The molecule has 2 aliphatic rings. The number of hydrogen-bond acceptors (Lipinski definition) is 10. The average Bonchev–Trinajstić information content (AvgIpc) is 3.72. The molecule has 6 nitrogen and oxygen atoms in total. The number of aromatic nitrogens is 2. The molecule has 0 bridgehead atoms. The minimum Gasteiger partial charge on any atom is -0.339 e. The van der Waals surface area contributed by atoms with Crippen LogP contribution in [0.15, 0.2) is 20.0 Å². The number of benzene rings is 1. The van der Waals surface area contributed by atoms with E-state index in [4.69, 9.17) is 10.7 Å². The molecule has 193 valence electrons. The van der Waals surface area contributed by atoms with Crippen LogP contribution >= 0.6 is 69.7 Å². The van der Waals surface area contributed by atoms with Gasteiger partial charge in [-0.1, -0.05) is 35.3 Å². The number of rotatable bonds is 5. The van der Waals surface area contributed by atoms with Gasteiger partial charge in [0.15, 0.2) is 27.9 Å². The van der Waals surface area contributed by atoms with Gasteiger partial charge in [-0.05, 0) is 11.3 Å². The Balaban J connectivity index is 1.51. The Morgan fingerprint density at radius 3 is 2.36 bits per heavy atom. The molecule has 3 aromatic rings. The fraction of sp³-hybridized carbons (Fsp3) is 0.130. The number of aromatic amines is 1. The summed E-state index contributed by atoms with van der Waals surface area (Å²) in [7, 11) is 0. The molecular formula is C23H8F4N6S6+. The van der Waals surface area contributed by atoms with E-state index in [1.165, 1.54) is 56.0 Å². The third-order valence-corrected chi connectivity index (χ3v) is 14.1. The van der Waals surface area contributed by atoms with Gasteiger partial charge >= 0.3 is 0 Å². The maximum atomic E-state index is 15.2. The van der Waals surface area contributed by atoms with Crippen LogP contribution in [0.5, 0.6) is 0 Å². The molecule has 5 rings (SSSR count). The van der Waals surface area contributed by atoms with Crippen molar-refractivity contribution in [2.24, 2.45) is 0 Å². The number of nitrogens with one attached hydrogen (secondary N) is 2.